The SMILES string of the molecule is CN1C/C=C\Cc2c(n3c(c(OCc4ccccc4)c2=O)C(=O)N(Cc2ccc(F)c(Cl)c2)CC3)C1=O. The van der Waals surface area contributed by atoms with Gasteiger partial charge in [-0.2, -0.15) is 0 Å². The van der Waals surface area contributed by atoms with Crippen molar-refractivity contribution in [1.82, 2.24) is 14.4 Å². The van der Waals surface area contributed by atoms with Gasteiger partial charge in [-0.05, 0) is 29.7 Å². The summed E-state index contributed by atoms with van der Waals surface area (Å²) in [5.74, 6) is -1.38. The van der Waals surface area contributed by atoms with Gasteiger partial charge in [0.1, 0.15) is 18.1 Å². The summed E-state index contributed by atoms with van der Waals surface area (Å²) < 4.78 is 21.3. The fourth-order valence-electron chi connectivity index (χ4n) is 4.66. The van der Waals surface area contributed by atoms with Gasteiger partial charge in [0.2, 0.25) is 5.43 Å². The standard InChI is InChI=1S/C28H25ClFN3O4/c1-31-12-6-5-9-20-23(27(31)35)33-14-13-32(16-19-10-11-22(30)21(29)15-19)28(36)24(33)26(25(20)34)37-17-18-7-3-2-4-8-18/h2-8,10-11,15H,9,12-14,16-17H2,1H3/b6-5-. The molecule has 3 heterocycles. The Morgan fingerprint density at radius 1 is 0.946 bits per heavy atom. The summed E-state index contributed by atoms with van der Waals surface area (Å²) in [6.07, 6.45) is 3.96. The summed E-state index contributed by atoms with van der Waals surface area (Å²) in [6, 6.07) is 13.6. The second-order valence-electron chi connectivity index (χ2n) is 9.10. The van der Waals surface area contributed by atoms with Crippen LogP contribution in [-0.4, -0.2) is 46.3 Å². The number of hydrogen-bond donors (Lipinski definition) is 0. The smallest absolute Gasteiger partial charge is 0.274 e. The van der Waals surface area contributed by atoms with Gasteiger partial charge in [0.25, 0.3) is 11.8 Å². The fourth-order valence-corrected chi connectivity index (χ4v) is 4.87. The van der Waals surface area contributed by atoms with Crippen molar-refractivity contribution in [3.05, 3.63) is 110 Å². The van der Waals surface area contributed by atoms with Gasteiger partial charge in [0.05, 0.1) is 5.02 Å². The summed E-state index contributed by atoms with van der Waals surface area (Å²) in [5.41, 5.74) is 1.59. The first-order valence-electron chi connectivity index (χ1n) is 11.9. The number of fused-ring (bicyclic) bond motifs is 3. The Kier molecular flexibility index (Phi) is 6.84. The first kappa shape index (κ1) is 24.8. The number of benzene rings is 2. The van der Waals surface area contributed by atoms with Crippen molar-refractivity contribution in [3.8, 4) is 5.75 Å². The third-order valence-electron chi connectivity index (χ3n) is 6.61. The number of rotatable bonds is 5. The minimum atomic E-state index is -0.542. The fraction of sp³-hybridized carbons (Fsp3) is 0.250. The molecule has 0 aliphatic carbocycles. The molecule has 0 fully saturated rings. The normalized spacial score (nSPS) is 16.1. The Bertz CT molecular complexity index is 1470. The number of nitrogens with zero attached hydrogens (tertiary/aromatic N) is 3. The molecular formula is C28H25ClFN3O4. The number of pyridine rings is 1. The molecule has 0 bridgehead atoms. The summed E-state index contributed by atoms with van der Waals surface area (Å²) in [4.78, 5) is 44.0. The molecule has 37 heavy (non-hydrogen) atoms. The first-order valence-corrected chi connectivity index (χ1v) is 12.3. The van der Waals surface area contributed by atoms with Crippen molar-refractivity contribution >= 4 is 23.4 Å². The van der Waals surface area contributed by atoms with Crippen LogP contribution in [0.4, 0.5) is 4.39 Å². The molecule has 0 saturated heterocycles. The Balaban J connectivity index is 1.61. The van der Waals surface area contributed by atoms with Gasteiger partial charge in [-0.25, -0.2) is 4.39 Å². The maximum absolute atomic E-state index is 13.8. The number of ether oxygens (including phenoxy) is 1. The molecule has 7 nitrogen and oxygen atoms in total. The highest BCUT2D eigenvalue weighted by Crippen LogP contribution is 2.28. The largest absolute Gasteiger partial charge is 0.483 e. The van der Waals surface area contributed by atoms with Crippen molar-refractivity contribution in [2.45, 2.75) is 26.1 Å². The summed E-state index contributed by atoms with van der Waals surface area (Å²) >= 11 is 5.94. The van der Waals surface area contributed by atoms with Crippen molar-refractivity contribution in [2.24, 2.45) is 0 Å². The number of carbonyl (C=O) groups excluding carboxylic acids is 2. The summed E-state index contributed by atoms with van der Waals surface area (Å²) in [7, 11) is 1.66. The molecule has 190 valence electrons. The van der Waals surface area contributed by atoms with Gasteiger partial charge in [-0.1, -0.05) is 60.2 Å². The van der Waals surface area contributed by atoms with E-state index in [1.807, 2.05) is 42.5 Å². The second kappa shape index (κ2) is 10.2. The maximum Gasteiger partial charge on any atom is 0.274 e. The summed E-state index contributed by atoms with van der Waals surface area (Å²) in [6.45, 7) is 1.25. The van der Waals surface area contributed by atoms with E-state index in [1.165, 1.54) is 17.0 Å². The van der Waals surface area contributed by atoms with E-state index >= 15 is 0 Å². The Morgan fingerprint density at radius 2 is 1.73 bits per heavy atom. The molecule has 0 radical (unpaired) electrons. The lowest BCUT2D eigenvalue weighted by molar-refractivity contribution is 0.0670. The number of hydrogen-bond acceptors (Lipinski definition) is 4. The van der Waals surface area contributed by atoms with Crippen LogP contribution in [0.3, 0.4) is 0 Å². The molecular weight excluding hydrogens is 497 g/mol. The molecule has 0 saturated carbocycles. The molecule has 2 aliphatic heterocycles. The molecule has 5 rings (SSSR count). The van der Waals surface area contributed by atoms with Crippen LogP contribution in [0.5, 0.6) is 5.75 Å². The number of amides is 2. The topological polar surface area (TPSA) is 71.8 Å². The average Bonchev–Trinajstić information content (AvgIpc) is 2.89. The number of halogens is 2. The van der Waals surface area contributed by atoms with Crippen LogP contribution in [0, 0.1) is 5.82 Å². The Morgan fingerprint density at radius 3 is 2.49 bits per heavy atom. The van der Waals surface area contributed by atoms with Crippen LogP contribution in [0.25, 0.3) is 0 Å². The molecule has 0 spiro atoms. The van der Waals surface area contributed by atoms with E-state index in [-0.39, 0.29) is 47.6 Å². The summed E-state index contributed by atoms with van der Waals surface area (Å²) in [5, 5.41) is -0.0338. The van der Waals surface area contributed by atoms with Crippen molar-refractivity contribution in [3.63, 3.8) is 0 Å². The van der Waals surface area contributed by atoms with Gasteiger partial charge >= 0.3 is 0 Å². The predicted octanol–water partition coefficient (Wildman–Crippen LogP) is 4.06. The second-order valence-corrected chi connectivity index (χ2v) is 9.50. The number of aromatic nitrogens is 1. The molecule has 2 aliphatic rings. The lowest BCUT2D eigenvalue weighted by Crippen LogP contribution is -2.45. The number of likely N-dealkylation sites (N-methyl/N-ethyl adjacent to an activating group) is 1. The molecule has 0 unspecified atom stereocenters. The van der Waals surface area contributed by atoms with Gasteiger partial charge in [-0.15, -0.1) is 0 Å². The van der Waals surface area contributed by atoms with E-state index in [0.717, 1.165) is 5.56 Å². The highest BCUT2D eigenvalue weighted by Gasteiger charge is 2.36. The minimum Gasteiger partial charge on any atom is -0.483 e. The quantitative estimate of drug-likeness (QED) is 0.475. The van der Waals surface area contributed by atoms with E-state index in [1.54, 1.807) is 22.6 Å². The van der Waals surface area contributed by atoms with Crippen LogP contribution in [-0.2, 0) is 26.1 Å². The number of carbonyl (C=O) groups is 2. The predicted molar refractivity (Wildman–Crippen MR) is 137 cm³/mol. The molecule has 9 heteroatoms. The number of allylic oxidation sites excluding steroid dienone is 1. The Hall–Kier alpha value is -3.91. The van der Waals surface area contributed by atoms with E-state index < -0.39 is 17.2 Å². The van der Waals surface area contributed by atoms with Crippen molar-refractivity contribution in [2.75, 3.05) is 20.1 Å². The van der Waals surface area contributed by atoms with Crippen molar-refractivity contribution < 1.29 is 18.7 Å². The van der Waals surface area contributed by atoms with Gasteiger partial charge in [0.15, 0.2) is 11.4 Å². The molecule has 0 atom stereocenters. The average molecular weight is 522 g/mol. The van der Waals surface area contributed by atoms with Crippen LogP contribution < -0.4 is 10.2 Å². The first-order chi connectivity index (χ1) is 17.8. The zero-order chi connectivity index (χ0) is 26.1. The highest BCUT2D eigenvalue weighted by molar-refractivity contribution is 6.30. The Labute approximate surface area is 218 Å². The highest BCUT2D eigenvalue weighted by atomic mass is 35.5. The molecule has 3 aromatic rings. The van der Waals surface area contributed by atoms with Gasteiger partial charge < -0.3 is 19.1 Å². The molecule has 1 aromatic heterocycles. The zero-order valence-corrected chi connectivity index (χ0v) is 21.0. The van der Waals surface area contributed by atoms with E-state index in [9.17, 15) is 18.8 Å². The van der Waals surface area contributed by atoms with Crippen LogP contribution in [0.15, 0.2) is 65.5 Å². The van der Waals surface area contributed by atoms with Crippen LogP contribution in [0.2, 0.25) is 5.02 Å². The zero-order valence-electron chi connectivity index (χ0n) is 20.2. The maximum atomic E-state index is 13.8. The van der Waals surface area contributed by atoms with E-state index in [2.05, 4.69) is 0 Å². The lowest BCUT2D eigenvalue weighted by Gasteiger charge is -2.34. The van der Waals surface area contributed by atoms with E-state index in [0.29, 0.717) is 30.8 Å². The third-order valence-corrected chi connectivity index (χ3v) is 6.89. The minimum absolute atomic E-state index is 0.0338. The van der Waals surface area contributed by atoms with Gasteiger partial charge in [0, 0.05) is 38.8 Å². The van der Waals surface area contributed by atoms with Crippen molar-refractivity contribution in [1.29, 1.82) is 0 Å². The molecule has 2 aromatic carbocycles. The third kappa shape index (κ3) is 4.76. The molecule has 2 amide bonds. The van der Waals surface area contributed by atoms with Crippen LogP contribution in [0.1, 0.15) is 37.7 Å². The van der Waals surface area contributed by atoms with Crippen LogP contribution >= 0.6 is 11.6 Å². The van der Waals surface area contributed by atoms with Gasteiger partial charge in [-0.3, -0.25) is 14.4 Å². The monoisotopic (exact) mass is 521 g/mol. The lowest BCUT2D eigenvalue weighted by atomic mass is 10.0. The molecule has 0 N–H and O–H groups in total. The van der Waals surface area contributed by atoms with E-state index in [4.69, 9.17) is 16.3 Å².